The van der Waals surface area contributed by atoms with Crippen LogP contribution in [0, 0.1) is 0 Å². The molecule has 2 heterocycles. The smallest absolute Gasteiger partial charge is 0.264 e. The molecule has 1 fully saturated rings. The van der Waals surface area contributed by atoms with Crippen LogP contribution >= 0.6 is 39.3 Å². The molecule has 1 N–H and O–H groups in total. The Bertz CT molecular complexity index is 1070. The van der Waals surface area contributed by atoms with Crippen molar-refractivity contribution in [3.05, 3.63) is 80.8 Å². The molecule has 4 rings (SSSR count). The number of carbonyl (C=O) groups excluding carboxylic acids is 1. The molecular formula is C20H12BrClN2O2S. The largest absolute Gasteiger partial charge is 0.457 e. The normalized spacial score (nSPS) is 16.9. The molecule has 0 spiro atoms. The number of thioether (sulfide) groups is 1. The molecule has 1 amide bonds. The molecule has 27 heavy (non-hydrogen) atoms. The summed E-state index contributed by atoms with van der Waals surface area (Å²) in [7, 11) is 0. The molecule has 0 saturated carbocycles. The van der Waals surface area contributed by atoms with Crippen LogP contribution < -0.4 is 5.32 Å². The SMILES string of the molecule is O=C1NC(=Nc2ccc(Br)cc2)S/C1=C/c1ccc(-c2ccccc2Cl)o1. The second kappa shape index (κ2) is 7.76. The molecule has 7 heteroatoms. The molecule has 1 aliphatic heterocycles. The van der Waals surface area contributed by atoms with Crippen LogP contribution in [-0.2, 0) is 4.79 Å². The predicted octanol–water partition coefficient (Wildman–Crippen LogP) is 6.25. The third-order valence-corrected chi connectivity index (χ3v) is 5.52. The van der Waals surface area contributed by atoms with Gasteiger partial charge in [-0.05, 0) is 60.3 Å². The zero-order valence-corrected chi connectivity index (χ0v) is 16.9. The molecule has 4 nitrogen and oxygen atoms in total. The van der Waals surface area contributed by atoms with E-state index in [1.54, 1.807) is 6.08 Å². The van der Waals surface area contributed by atoms with Crippen LogP contribution in [0.1, 0.15) is 5.76 Å². The first-order valence-electron chi connectivity index (χ1n) is 7.98. The molecule has 0 unspecified atom stereocenters. The topological polar surface area (TPSA) is 54.6 Å². The van der Waals surface area contributed by atoms with Crippen molar-refractivity contribution in [1.82, 2.24) is 5.32 Å². The summed E-state index contributed by atoms with van der Waals surface area (Å²) in [6, 6.07) is 18.6. The fraction of sp³-hybridized carbons (Fsp3) is 0. The summed E-state index contributed by atoms with van der Waals surface area (Å²) >= 11 is 10.9. The molecule has 1 aromatic heterocycles. The number of nitrogens with one attached hydrogen (secondary N) is 1. The zero-order valence-electron chi connectivity index (χ0n) is 13.8. The summed E-state index contributed by atoms with van der Waals surface area (Å²) in [6.07, 6.45) is 1.70. The Morgan fingerprint density at radius 1 is 1.07 bits per heavy atom. The van der Waals surface area contributed by atoms with Crippen molar-refractivity contribution < 1.29 is 9.21 Å². The number of halogens is 2. The molecule has 0 aliphatic carbocycles. The molecule has 134 valence electrons. The van der Waals surface area contributed by atoms with E-state index >= 15 is 0 Å². The Balaban J connectivity index is 1.55. The van der Waals surface area contributed by atoms with Crippen LogP contribution in [-0.4, -0.2) is 11.1 Å². The number of nitrogens with zero attached hydrogens (tertiary/aromatic N) is 1. The van der Waals surface area contributed by atoms with E-state index in [2.05, 4.69) is 26.2 Å². The lowest BCUT2D eigenvalue weighted by Gasteiger charge is -1.99. The third-order valence-electron chi connectivity index (χ3n) is 3.75. The van der Waals surface area contributed by atoms with E-state index in [0.29, 0.717) is 26.6 Å². The van der Waals surface area contributed by atoms with Crippen LogP contribution in [0.25, 0.3) is 17.4 Å². The number of benzene rings is 2. The number of rotatable bonds is 3. The van der Waals surface area contributed by atoms with Crippen molar-refractivity contribution in [3.8, 4) is 11.3 Å². The first-order chi connectivity index (χ1) is 13.1. The van der Waals surface area contributed by atoms with Gasteiger partial charge in [0, 0.05) is 16.1 Å². The quantitative estimate of drug-likeness (QED) is 0.471. The highest BCUT2D eigenvalue weighted by molar-refractivity contribution is 9.10. The lowest BCUT2D eigenvalue weighted by Crippen LogP contribution is -2.19. The minimum Gasteiger partial charge on any atom is -0.457 e. The Labute approximate surface area is 173 Å². The van der Waals surface area contributed by atoms with E-state index < -0.39 is 0 Å². The second-order valence-electron chi connectivity index (χ2n) is 5.64. The fourth-order valence-electron chi connectivity index (χ4n) is 2.48. The average Bonchev–Trinajstić information content (AvgIpc) is 3.25. The Kier molecular flexibility index (Phi) is 5.20. The van der Waals surface area contributed by atoms with E-state index in [-0.39, 0.29) is 5.91 Å². The number of furan rings is 1. The van der Waals surface area contributed by atoms with Crippen molar-refractivity contribution in [2.45, 2.75) is 0 Å². The Hall–Kier alpha value is -2.28. The van der Waals surface area contributed by atoms with Crippen LogP contribution in [0.15, 0.2) is 79.5 Å². The van der Waals surface area contributed by atoms with Gasteiger partial charge in [-0.3, -0.25) is 4.79 Å². The van der Waals surface area contributed by atoms with Gasteiger partial charge >= 0.3 is 0 Å². The molecule has 0 radical (unpaired) electrons. The minimum atomic E-state index is -0.202. The summed E-state index contributed by atoms with van der Waals surface area (Å²) in [5.41, 5.74) is 1.58. The lowest BCUT2D eigenvalue weighted by atomic mass is 10.2. The zero-order chi connectivity index (χ0) is 18.8. The maximum atomic E-state index is 12.2. The molecule has 0 atom stereocenters. The number of hydrogen-bond donors (Lipinski definition) is 1. The van der Waals surface area contributed by atoms with Gasteiger partial charge < -0.3 is 9.73 Å². The van der Waals surface area contributed by atoms with Gasteiger partial charge in [0.1, 0.15) is 11.5 Å². The highest BCUT2D eigenvalue weighted by Crippen LogP contribution is 2.32. The number of hydrogen-bond acceptors (Lipinski definition) is 4. The highest BCUT2D eigenvalue weighted by atomic mass is 79.9. The molecular weight excluding hydrogens is 448 g/mol. The van der Waals surface area contributed by atoms with Gasteiger partial charge in [0.05, 0.1) is 15.6 Å². The molecule has 0 bridgehead atoms. The van der Waals surface area contributed by atoms with Gasteiger partial charge in [-0.25, -0.2) is 4.99 Å². The first-order valence-corrected chi connectivity index (χ1v) is 9.97. The standard InChI is InChI=1S/C20H12BrClN2O2S/c21-12-5-7-13(8-6-12)23-20-24-19(25)18(27-20)11-14-9-10-17(26-14)15-3-1-2-4-16(15)22/h1-11H,(H,23,24,25)/b18-11+. The Morgan fingerprint density at radius 3 is 2.63 bits per heavy atom. The maximum absolute atomic E-state index is 12.2. The third kappa shape index (κ3) is 4.18. The van der Waals surface area contributed by atoms with E-state index in [9.17, 15) is 4.79 Å². The highest BCUT2D eigenvalue weighted by Gasteiger charge is 2.24. The summed E-state index contributed by atoms with van der Waals surface area (Å²) in [6.45, 7) is 0. The summed E-state index contributed by atoms with van der Waals surface area (Å²) < 4.78 is 6.80. The predicted molar refractivity (Wildman–Crippen MR) is 114 cm³/mol. The van der Waals surface area contributed by atoms with Gasteiger partial charge in [0.15, 0.2) is 5.17 Å². The van der Waals surface area contributed by atoms with E-state index in [1.165, 1.54) is 11.8 Å². The van der Waals surface area contributed by atoms with Crippen LogP contribution in [0.5, 0.6) is 0 Å². The van der Waals surface area contributed by atoms with Crippen LogP contribution in [0.2, 0.25) is 5.02 Å². The van der Waals surface area contributed by atoms with Crippen molar-refractivity contribution in [2.24, 2.45) is 4.99 Å². The van der Waals surface area contributed by atoms with Crippen molar-refractivity contribution in [3.63, 3.8) is 0 Å². The van der Waals surface area contributed by atoms with Crippen molar-refractivity contribution in [2.75, 3.05) is 0 Å². The van der Waals surface area contributed by atoms with Crippen molar-refractivity contribution >= 4 is 62.1 Å². The summed E-state index contributed by atoms with van der Waals surface area (Å²) in [5.74, 6) is 1.03. The Morgan fingerprint density at radius 2 is 1.85 bits per heavy atom. The summed E-state index contributed by atoms with van der Waals surface area (Å²) in [4.78, 5) is 17.2. The average molecular weight is 460 g/mol. The van der Waals surface area contributed by atoms with Gasteiger partial charge in [-0.1, -0.05) is 39.7 Å². The number of amides is 1. The fourth-order valence-corrected chi connectivity index (χ4v) is 3.79. The van der Waals surface area contributed by atoms with E-state index in [0.717, 1.165) is 15.7 Å². The van der Waals surface area contributed by atoms with Gasteiger partial charge in [-0.2, -0.15) is 0 Å². The van der Waals surface area contributed by atoms with Crippen molar-refractivity contribution in [1.29, 1.82) is 0 Å². The number of aliphatic imine (C=N–C) groups is 1. The molecule has 3 aromatic rings. The maximum Gasteiger partial charge on any atom is 0.264 e. The van der Waals surface area contributed by atoms with Crippen LogP contribution in [0.4, 0.5) is 5.69 Å². The number of carbonyl (C=O) groups is 1. The van der Waals surface area contributed by atoms with Crippen LogP contribution in [0.3, 0.4) is 0 Å². The molecule has 2 aromatic carbocycles. The summed E-state index contributed by atoms with van der Waals surface area (Å²) in [5, 5.41) is 3.91. The van der Waals surface area contributed by atoms with E-state index in [4.69, 9.17) is 16.0 Å². The van der Waals surface area contributed by atoms with Gasteiger partial charge in [-0.15, -0.1) is 0 Å². The lowest BCUT2D eigenvalue weighted by molar-refractivity contribution is -0.115. The molecule has 1 aliphatic rings. The molecule has 1 saturated heterocycles. The van der Waals surface area contributed by atoms with Gasteiger partial charge in [0.25, 0.3) is 5.91 Å². The first kappa shape index (κ1) is 18.1. The van der Waals surface area contributed by atoms with E-state index in [1.807, 2.05) is 60.7 Å². The number of amidine groups is 1. The monoisotopic (exact) mass is 458 g/mol. The van der Waals surface area contributed by atoms with Gasteiger partial charge in [0.2, 0.25) is 0 Å². The minimum absolute atomic E-state index is 0.202. The second-order valence-corrected chi connectivity index (χ2v) is 7.99.